The van der Waals surface area contributed by atoms with E-state index in [1.165, 1.54) is 51.5 Å². The molecule has 1 saturated carbocycles. The minimum absolute atomic E-state index is 0.108. The van der Waals surface area contributed by atoms with Crippen LogP contribution in [-0.4, -0.2) is 69.7 Å². The van der Waals surface area contributed by atoms with Crippen LogP contribution in [0.4, 0.5) is 23.0 Å². The summed E-state index contributed by atoms with van der Waals surface area (Å²) in [5, 5.41) is 11.2. The first-order chi connectivity index (χ1) is 18.6. The number of nitrogen functional groups attached to an aromatic ring is 1. The Labute approximate surface area is 230 Å². The lowest BCUT2D eigenvalue weighted by Gasteiger charge is -2.43. The van der Waals surface area contributed by atoms with Gasteiger partial charge in [-0.3, -0.25) is 14.7 Å². The highest BCUT2D eigenvalue weighted by Gasteiger charge is 2.46. The molecule has 1 amide bonds. The maximum Gasteiger partial charge on any atom is 0.263 e. The molecule has 3 aliphatic heterocycles. The molecule has 0 aromatic carbocycles. The molecule has 5 heterocycles. The van der Waals surface area contributed by atoms with E-state index in [4.69, 9.17) is 22.4 Å². The van der Waals surface area contributed by atoms with Crippen LogP contribution in [-0.2, 0) is 5.54 Å². The van der Waals surface area contributed by atoms with Gasteiger partial charge in [-0.25, -0.2) is 4.68 Å². The zero-order valence-electron chi connectivity index (χ0n) is 22.3. The van der Waals surface area contributed by atoms with Gasteiger partial charge in [-0.05, 0) is 38.3 Å². The number of hydrogen-bond donors (Lipinski definition) is 3. The number of pyridine rings is 1. The standard InChI is InChI=1S/C28H41ClN8O/c29-23-18-32-26-24(25(30)34-37(26)28(23)11-6-4-2-1-3-5-7-12-28)27(38)33-21-17-31-13-10-22(21)36-16-15-35-14-8-9-20(35)19-36/h10,13,17,20,23,32H,1-9,11-12,14-16,18-19H2,(H2,30,34)(H,33,38)/t20-,23?/m1/s1. The first-order valence-corrected chi connectivity index (χ1v) is 15.0. The molecular weight excluding hydrogens is 500 g/mol. The maximum atomic E-state index is 13.8. The van der Waals surface area contributed by atoms with E-state index in [0.29, 0.717) is 29.7 Å². The predicted octanol–water partition coefficient (Wildman–Crippen LogP) is 4.65. The van der Waals surface area contributed by atoms with Gasteiger partial charge in [0.2, 0.25) is 0 Å². The summed E-state index contributed by atoms with van der Waals surface area (Å²) in [6.45, 7) is 4.75. The first kappa shape index (κ1) is 25.7. The fourth-order valence-electron chi connectivity index (χ4n) is 7.20. The number of piperazine rings is 1. The van der Waals surface area contributed by atoms with Crippen molar-refractivity contribution in [2.75, 3.05) is 54.0 Å². The van der Waals surface area contributed by atoms with Crippen LogP contribution in [0.15, 0.2) is 18.5 Å². The lowest BCUT2D eigenvalue weighted by Crippen LogP contribution is -2.50. The van der Waals surface area contributed by atoms with Crippen molar-refractivity contribution >= 4 is 40.5 Å². The highest BCUT2D eigenvalue weighted by molar-refractivity contribution is 6.22. The molecule has 4 N–H and O–H groups in total. The molecular formula is C28H41ClN8O. The Kier molecular flexibility index (Phi) is 7.40. The van der Waals surface area contributed by atoms with Crippen molar-refractivity contribution in [2.45, 2.75) is 87.6 Å². The second kappa shape index (κ2) is 10.9. The van der Waals surface area contributed by atoms with E-state index in [-0.39, 0.29) is 22.6 Å². The third kappa shape index (κ3) is 4.72. The monoisotopic (exact) mass is 540 g/mol. The number of carbonyl (C=O) groups is 1. The summed E-state index contributed by atoms with van der Waals surface area (Å²) in [6, 6.07) is 2.59. The fraction of sp³-hybridized carbons (Fsp3) is 0.679. The van der Waals surface area contributed by atoms with Crippen molar-refractivity contribution < 1.29 is 4.79 Å². The molecule has 206 valence electrons. The average molecular weight is 541 g/mol. The number of nitrogens with two attached hydrogens (primary N) is 1. The normalized spacial score (nSPS) is 25.9. The molecule has 2 saturated heterocycles. The number of carbonyl (C=O) groups excluding carboxylic acids is 1. The van der Waals surface area contributed by atoms with Crippen LogP contribution >= 0.6 is 11.6 Å². The van der Waals surface area contributed by atoms with Gasteiger partial charge in [-0.15, -0.1) is 11.6 Å². The van der Waals surface area contributed by atoms with Gasteiger partial charge in [-0.2, -0.15) is 5.10 Å². The number of aromatic nitrogens is 3. The van der Waals surface area contributed by atoms with E-state index in [2.05, 4.69) is 25.4 Å². The van der Waals surface area contributed by atoms with Crippen molar-refractivity contribution in [1.29, 1.82) is 0 Å². The number of hydrogen-bond acceptors (Lipinski definition) is 7. The van der Waals surface area contributed by atoms with Crippen molar-refractivity contribution in [3.63, 3.8) is 0 Å². The van der Waals surface area contributed by atoms with Crippen LogP contribution < -0.4 is 21.3 Å². The van der Waals surface area contributed by atoms with Gasteiger partial charge in [0.25, 0.3) is 5.91 Å². The molecule has 3 fully saturated rings. The first-order valence-electron chi connectivity index (χ1n) is 14.6. The molecule has 0 bridgehead atoms. The molecule has 10 heteroatoms. The lowest BCUT2D eigenvalue weighted by atomic mass is 9.81. The Bertz CT molecular complexity index is 1140. The van der Waals surface area contributed by atoms with E-state index < -0.39 is 0 Å². The topological polar surface area (TPSA) is 104 Å². The van der Waals surface area contributed by atoms with Gasteiger partial charge in [0.1, 0.15) is 11.4 Å². The summed E-state index contributed by atoms with van der Waals surface area (Å²) in [4.78, 5) is 23.1. The van der Waals surface area contributed by atoms with Gasteiger partial charge in [0, 0.05) is 38.4 Å². The number of anilines is 4. The SMILES string of the molecule is Nc1nn2c(c1C(=O)Nc1cnccc1N1CCN3CCC[C@@H]3C1)NCC(Cl)C21CCCCCCCCC1. The van der Waals surface area contributed by atoms with Gasteiger partial charge in [0.05, 0.1) is 28.5 Å². The Morgan fingerprint density at radius 3 is 2.63 bits per heavy atom. The molecule has 4 aliphatic rings. The molecule has 1 spiro atoms. The number of nitrogens with one attached hydrogen (secondary N) is 2. The van der Waals surface area contributed by atoms with Crippen LogP contribution in [0.25, 0.3) is 0 Å². The van der Waals surface area contributed by atoms with Gasteiger partial charge < -0.3 is 21.3 Å². The van der Waals surface area contributed by atoms with Crippen molar-refractivity contribution in [3.8, 4) is 0 Å². The van der Waals surface area contributed by atoms with Crippen molar-refractivity contribution in [3.05, 3.63) is 24.0 Å². The van der Waals surface area contributed by atoms with Crippen LogP contribution in [0.2, 0.25) is 0 Å². The zero-order valence-corrected chi connectivity index (χ0v) is 23.1. The number of amides is 1. The molecule has 2 aromatic heterocycles. The minimum Gasteiger partial charge on any atom is -0.381 e. The van der Waals surface area contributed by atoms with Crippen molar-refractivity contribution in [1.82, 2.24) is 19.7 Å². The lowest BCUT2D eigenvalue weighted by molar-refractivity contribution is 0.102. The predicted molar refractivity (Wildman–Crippen MR) is 153 cm³/mol. The summed E-state index contributed by atoms with van der Waals surface area (Å²) >= 11 is 7.03. The highest BCUT2D eigenvalue weighted by Crippen LogP contribution is 2.44. The second-order valence-corrected chi connectivity index (χ2v) is 12.1. The summed E-state index contributed by atoms with van der Waals surface area (Å²) in [6.07, 6.45) is 16.4. The number of alkyl halides is 1. The Morgan fingerprint density at radius 1 is 1.08 bits per heavy atom. The molecule has 9 nitrogen and oxygen atoms in total. The Hall–Kier alpha value is -2.52. The van der Waals surface area contributed by atoms with Crippen LogP contribution in [0.1, 0.15) is 81.0 Å². The van der Waals surface area contributed by atoms with E-state index in [9.17, 15) is 4.79 Å². The zero-order chi connectivity index (χ0) is 26.1. The number of halogens is 1. The molecule has 6 rings (SSSR count). The molecule has 2 aromatic rings. The fourth-order valence-corrected chi connectivity index (χ4v) is 7.59. The van der Waals surface area contributed by atoms with Crippen LogP contribution in [0.3, 0.4) is 0 Å². The molecule has 0 radical (unpaired) electrons. The smallest absolute Gasteiger partial charge is 0.263 e. The third-order valence-electron chi connectivity index (χ3n) is 9.29. The molecule has 38 heavy (non-hydrogen) atoms. The molecule has 1 unspecified atom stereocenters. The summed E-state index contributed by atoms with van der Waals surface area (Å²) in [5.41, 5.74) is 8.27. The second-order valence-electron chi connectivity index (χ2n) is 11.6. The Morgan fingerprint density at radius 2 is 1.84 bits per heavy atom. The number of fused-ring (bicyclic) bond motifs is 3. The van der Waals surface area contributed by atoms with Crippen molar-refractivity contribution in [2.24, 2.45) is 0 Å². The van der Waals surface area contributed by atoms with E-state index >= 15 is 0 Å². The van der Waals surface area contributed by atoms with E-state index in [0.717, 1.165) is 51.0 Å². The van der Waals surface area contributed by atoms with Gasteiger partial charge in [-0.1, -0.05) is 44.9 Å². The third-order valence-corrected chi connectivity index (χ3v) is 9.85. The number of nitrogens with zero attached hydrogens (tertiary/aromatic N) is 5. The van der Waals surface area contributed by atoms with Gasteiger partial charge in [0.15, 0.2) is 5.82 Å². The quantitative estimate of drug-likeness (QED) is 0.487. The number of rotatable bonds is 3. The summed E-state index contributed by atoms with van der Waals surface area (Å²) in [5.74, 6) is 0.684. The molecule has 1 aliphatic carbocycles. The van der Waals surface area contributed by atoms with Crippen LogP contribution in [0, 0.1) is 0 Å². The summed E-state index contributed by atoms with van der Waals surface area (Å²) in [7, 11) is 0. The average Bonchev–Trinajstić information content (AvgIpc) is 3.54. The van der Waals surface area contributed by atoms with Crippen LogP contribution in [0.5, 0.6) is 0 Å². The van der Waals surface area contributed by atoms with Gasteiger partial charge >= 0.3 is 0 Å². The summed E-state index contributed by atoms with van der Waals surface area (Å²) < 4.78 is 1.98. The highest BCUT2D eigenvalue weighted by atomic mass is 35.5. The maximum absolute atomic E-state index is 13.8. The largest absolute Gasteiger partial charge is 0.381 e. The Balaban J connectivity index is 1.27. The molecule has 2 atom stereocenters. The minimum atomic E-state index is -0.327. The van der Waals surface area contributed by atoms with E-state index in [1.807, 2.05) is 10.7 Å². The van der Waals surface area contributed by atoms with E-state index in [1.54, 1.807) is 12.4 Å².